The highest BCUT2D eigenvalue weighted by Gasteiger charge is 2.51. The van der Waals surface area contributed by atoms with E-state index in [4.69, 9.17) is 14.0 Å². The van der Waals surface area contributed by atoms with Crippen LogP contribution in [-0.4, -0.2) is 41.0 Å². The summed E-state index contributed by atoms with van der Waals surface area (Å²) < 4.78 is 18.3. The summed E-state index contributed by atoms with van der Waals surface area (Å²) in [6.45, 7) is 14.3. The quantitative estimate of drug-likeness (QED) is 0.469. The van der Waals surface area contributed by atoms with Crippen LogP contribution in [0.3, 0.4) is 0 Å². The number of aliphatic hydroxyl groups is 1. The highest BCUT2D eigenvalue weighted by molar-refractivity contribution is 6.62. The molecule has 2 aliphatic heterocycles. The summed E-state index contributed by atoms with van der Waals surface area (Å²) in [6, 6.07) is 17.4. The normalized spacial score (nSPS) is 24.6. The Balaban J connectivity index is 1.49. The van der Waals surface area contributed by atoms with Gasteiger partial charge < -0.3 is 24.1 Å². The van der Waals surface area contributed by atoms with Gasteiger partial charge in [-0.3, -0.25) is 0 Å². The van der Waals surface area contributed by atoms with Crippen molar-refractivity contribution in [3.63, 3.8) is 0 Å². The fraction of sp³-hybridized carbons (Fsp3) is 0.444. The van der Waals surface area contributed by atoms with E-state index in [0.29, 0.717) is 13.0 Å². The topological polar surface area (TPSA) is 68.2 Å². The molecule has 2 aliphatic rings. The number of aliphatic hydroxyl groups excluding tert-OH is 1. The van der Waals surface area contributed by atoms with Crippen LogP contribution in [0.4, 0.5) is 4.79 Å². The zero-order chi connectivity index (χ0) is 24.7. The van der Waals surface area contributed by atoms with Gasteiger partial charge in [0.15, 0.2) is 0 Å². The molecule has 0 radical (unpaired) electrons. The number of benzene rings is 2. The molecule has 2 fully saturated rings. The predicted molar refractivity (Wildman–Crippen MR) is 133 cm³/mol. The first-order valence-corrected chi connectivity index (χ1v) is 11.8. The molecule has 2 heterocycles. The Bertz CT molecular complexity index is 1040. The van der Waals surface area contributed by atoms with Crippen molar-refractivity contribution >= 4 is 18.7 Å². The number of hydrogen-bond acceptors (Lipinski definition) is 5. The average molecular weight is 463 g/mol. The molecule has 0 bridgehead atoms. The van der Waals surface area contributed by atoms with Gasteiger partial charge >= 0.3 is 13.2 Å². The first-order valence-electron chi connectivity index (χ1n) is 11.8. The van der Waals surface area contributed by atoms with Gasteiger partial charge in [-0.05, 0) is 51.2 Å². The standard InChI is InChI=1S/C27H34BNO5/c1-19(30)18-27(22-10-8-7-9-11-22)16-17-29(24(31)32-27)20(2)21-12-14-23(15-13-21)28-33-25(3,4)26(5,6)34-28/h7-15,20,30H,1,16-18H2,2-6H3/t20-,27-/m0/s1. The number of carbonyl (C=O) groups excluding carboxylic acids is 1. The summed E-state index contributed by atoms with van der Waals surface area (Å²) in [7, 11) is -0.424. The van der Waals surface area contributed by atoms with Crippen LogP contribution in [0.1, 0.15) is 64.6 Å². The highest BCUT2D eigenvalue weighted by atomic mass is 16.7. The number of amides is 1. The summed E-state index contributed by atoms with van der Waals surface area (Å²) in [4.78, 5) is 14.9. The lowest BCUT2D eigenvalue weighted by atomic mass is 9.78. The SMILES string of the molecule is C=C(O)C[C@]1(c2ccccc2)CCN([C@@H](C)c2ccc(B3OC(C)(C)C(C)(C)O3)cc2)C(=O)O1. The van der Waals surface area contributed by atoms with E-state index >= 15 is 0 Å². The third kappa shape index (κ3) is 4.47. The van der Waals surface area contributed by atoms with Crippen LogP contribution in [0.15, 0.2) is 66.9 Å². The molecule has 2 aromatic carbocycles. The highest BCUT2D eigenvalue weighted by Crippen LogP contribution is 2.41. The lowest BCUT2D eigenvalue weighted by Crippen LogP contribution is -2.49. The summed E-state index contributed by atoms with van der Waals surface area (Å²) in [5, 5.41) is 9.93. The third-order valence-corrected chi connectivity index (χ3v) is 7.48. The molecule has 1 amide bonds. The Hall–Kier alpha value is -2.77. The van der Waals surface area contributed by atoms with Gasteiger partial charge in [0, 0.05) is 19.4 Å². The van der Waals surface area contributed by atoms with Gasteiger partial charge in [0.25, 0.3) is 0 Å². The molecule has 2 saturated heterocycles. The molecule has 4 rings (SSSR count). The van der Waals surface area contributed by atoms with Crippen molar-refractivity contribution in [1.82, 2.24) is 4.90 Å². The zero-order valence-electron chi connectivity index (χ0n) is 20.7. The fourth-order valence-electron chi connectivity index (χ4n) is 4.61. The molecule has 180 valence electrons. The molecule has 2 atom stereocenters. The first kappa shape index (κ1) is 24.4. The van der Waals surface area contributed by atoms with E-state index in [-0.39, 0.29) is 18.2 Å². The number of cyclic esters (lactones) is 1. The van der Waals surface area contributed by atoms with Crippen LogP contribution in [0.25, 0.3) is 0 Å². The summed E-state index contributed by atoms with van der Waals surface area (Å²) in [5.74, 6) is -0.00329. The van der Waals surface area contributed by atoms with E-state index in [2.05, 4.69) is 6.58 Å². The molecule has 2 aromatic rings. The van der Waals surface area contributed by atoms with E-state index < -0.39 is 30.0 Å². The average Bonchev–Trinajstić information content (AvgIpc) is 3.00. The van der Waals surface area contributed by atoms with E-state index in [1.807, 2.05) is 89.2 Å². The van der Waals surface area contributed by atoms with E-state index in [0.717, 1.165) is 16.6 Å². The maximum atomic E-state index is 13.2. The van der Waals surface area contributed by atoms with Crippen LogP contribution < -0.4 is 5.46 Å². The van der Waals surface area contributed by atoms with Crippen LogP contribution in [0.5, 0.6) is 0 Å². The molecule has 0 aromatic heterocycles. The van der Waals surface area contributed by atoms with E-state index in [1.54, 1.807) is 4.90 Å². The second kappa shape index (κ2) is 8.79. The number of hydrogen-bond donors (Lipinski definition) is 1. The molecular weight excluding hydrogens is 429 g/mol. The van der Waals surface area contributed by atoms with Crippen LogP contribution in [0, 0.1) is 0 Å². The minimum absolute atomic E-state index is 0.00329. The van der Waals surface area contributed by atoms with Gasteiger partial charge in [0.2, 0.25) is 0 Å². The first-order chi connectivity index (χ1) is 15.9. The lowest BCUT2D eigenvalue weighted by Gasteiger charge is -2.43. The maximum absolute atomic E-state index is 13.2. The van der Waals surface area contributed by atoms with Gasteiger partial charge in [0.05, 0.1) is 23.0 Å². The summed E-state index contributed by atoms with van der Waals surface area (Å²) >= 11 is 0. The van der Waals surface area contributed by atoms with E-state index in [9.17, 15) is 9.90 Å². The van der Waals surface area contributed by atoms with Crippen LogP contribution >= 0.6 is 0 Å². The number of carbonyl (C=O) groups is 1. The van der Waals surface area contributed by atoms with Crippen molar-refractivity contribution in [2.45, 2.75) is 70.3 Å². The van der Waals surface area contributed by atoms with E-state index in [1.165, 1.54) is 0 Å². The summed E-state index contributed by atoms with van der Waals surface area (Å²) in [5.41, 5.74) is 1.09. The molecule has 1 N–H and O–H groups in total. The third-order valence-electron chi connectivity index (χ3n) is 7.48. The Labute approximate surface area is 202 Å². The second-order valence-electron chi connectivity index (χ2n) is 10.3. The maximum Gasteiger partial charge on any atom is 0.494 e. The fourth-order valence-corrected chi connectivity index (χ4v) is 4.61. The van der Waals surface area contributed by atoms with Crippen molar-refractivity contribution < 1.29 is 23.9 Å². The minimum Gasteiger partial charge on any atom is -0.513 e. The molecule has 6 nitrogen and oxygen atoms in total. The molecule has 34 heavy (non-hydrogen) atoms. The van der Waals surface area contributed by atoms with Gasteiger partial charge in [0.1, 0.15) is 5.60 Å². The Morgan fingerprint density at radius 1 is 1.06 bits per heavy atom. The zero-order valence-corrected chi connectivity index (χ0v) is 20.7. The van der Waals surface area contributed by atoms with Crippen LogP contribution in [-0.2, 0) is 19.6 Å². The molecule has 0 aliphatic carbocycles. The molecule has 0 unspecified atom stereocenters. The van der Waals surface area contributed by atoms with Crippen molar-refractivity contribution in [1.29, 1.82) is 0 Å². The van der Waals surface area contributed by atoms with Crippen molar-refractivity contribution in [3.8, 4) is 0 Å². The van der Waals surface area contributed by atoms with Crippen molar-refractivity contribution in [3.05, 3.63) is 78.1 Å². The molecular formula is C27H34BNO5. The number of nitrogens with zero attached hydrogens (tertiary/aromatic N) is 1. The monoisotopic (exact) mass is 463 g/mol. The second-order valence-corrected chi connectivity index (χ2v) is 10.3. The van der Waals surface area contributed by atoms with Gasteiger partial charge in [-0.15, -0.1) is 0 Å². The van der Waals surface area contributed by atoms with Gasteiger partial charge in [-0.25, -0.2) is 4.79 Å². The van der Waals surface area contributed by atoms with Crippen molar-refractivity contribution in [2.24, 2.45) is 0 Å². The number of rotatable bonds is 6. The van der Waals surface area contributed by atoms with Crippen LogP contribution in [0.2, 0.25) is 0 Å². The molecule has 0 spiro atoms. The van der Waals surface area contributed by atoms with Gasteiger partial charge in [-0.2, -0.15) is 0 Å². The minimum atomic E-state index is -0.916. The Kier molecular flexibility index (Phi) is 6.30. The predicted octanol–water partition coefficient (Wildman–Crippen LogP) is 5.25. The smallest absolute Gasteiger partial charge is 0.494 e. The lowest BCUT2D eigenvalue weighted by molar-refractivity contribution is -0.0645. The van der Waals surface area contributed by atoms with Crippen molar-refractivity contribution in [2.75, 3.05) is 6.54 Å². The molecule has 7 heteroatoms. The molecule has 0 saturated carbocycles. The Morgan fingerprint density at radius 2 is 1.65 bits per heavy atom. The number of ether oxygens (including phenoxy) is 1. The Morgan fingerprint density at radius 3 is 2.18 bits per heavy atom. The largest absolute Gasteiger partial charge is 0.513 e. The van der Waals surface area contributed by atoms with Gasteiger partial charge in [-0.1, -0.05) is 61.2 Å². The summed E-state index contributed by atoms with van der Waals surface area (Å²) in [6.07, 6.45) is 0.325.